The number of nitrogens with zero attached hydrogens (tertiary/aromatic N) is 2. The number of hydrogen-bond acceptors (Lipinski definition) is 5. The molecule has 2 heterocycles. The Hall–Kier alpha value is -0.650. The summed E-state index contributed by atoms with van der Waals surface area (Å²) in [4.78, 5) is 17.0. The average molecular weight is 283 g/mol. The molecule has 3 unspecified atom stereocenters. The minimum Gasteiger partial charge on any atom is -0.465 e. The summed E-state index contributed by atoms with van der Waals surface area (Å²) in [7, 11) is 1.83. The third-order valence-corrected chi connectivity index (χ3v) is 4.69. The van der Waals surface area contributed by atoms with Crippen molar-refractivity contribution in [3.63, 3.8) is 0 Å². The molecule has 0 bridgehead atoms. The highest BCUT2D eigenvalue weighted by Gasteiger charge is 2.34. The van der Waals surface area contributed by atoms with Crippen molar-refractivity contribution in [2.75, 3.05) is 39.8 Å². The van der Waals surface area contributed by atoms with Gasteiger partial charge in [0.25, 0.3) is 0 Å². The minimum atomic E-state index is -0.177. The number of rotatable bonds is 6. The van der Waals surface area contributed by atoms with Crippen LogP contribution in [0.2, 0.25) is 0 Å². The van der Waals surface area contributed by atoms with Crippen molar-refractivity contribution in [2.24, 2.45) is 0 Å². The fourth-order valence-electron chi connectivity index (χ4n) is 3.48. The fraction of sp³-hybridized carbons (Fsp3) is 0.933. The van der Waals surface area contributed by atoms with E-state index in [9.17, 15) is 4.79 Å². The van der Waals surface area contributed by atoms with Gasteiger partial charge in [0, 0.05) is 31.7 Å². The lowest BCUT2D eigenvalue weighted by molar-refractivity contribution is -0.145. The normalized spacial score (nSPS) is 29.1. The molecule has 0 aromatic rings. The highest BCUT2D eigenvalue weighted by atomic mass is 16.5. The van der Waals surface area contributed by atoms with Crippen LogP contribution in [0.25, 0.3) is 0 Å². The molecule has 1 N–H and O–H groups in total. The summed E-state index contributed by atoms with van der Waals surface area (Å²) in [5, 5.41) is 3.08. The number of esters is 1. The van der Waals surface area contributed by atoms with Crippen molar-refractivity contribution in [1.82, 2.24) is 15.1 Å². The quantitative estimate of drug-likeness (QED) is 0.727. The number of carbonyl (C=O) groups excluding carboxylic acids is 1. The van der Waals surface area contributed by atoms with E-state index in [-0.39, 0.29) is 12.0 Å². The molecule has 0 saturated carbocycles. The van der Waals surface area contributed by atoms with Gasteiger partial charge in [0.15, 0.2) is 0 Å². The van der Waals surface area contributed by atoms with Gasteiger partial charge >= 0.3 is 5.97 Å². The molecule has 5 nitrogen and oxygen atoms in total. The molecule has 0 radical (unpaired) electrons. The molecule has 2 aliphatic rings. The Morgan fingerprint density at radius 3 is 2.95 bits per heavy atom. The lowest BCUT2D eigenvalue weighted by Gasteiger charge is -2.42. The topological polar surface area (TPSA) is 44.8 Å². The molecule has 0 aliphatic carbocycles. The van der Waals surface area contributed by atoms with E-state index in [1.807, 2.05) is 14.0 Å². The number of carbonyl (C=O) groups is 1. The van der Waals surface area contributed by atoms with Gasteiger partial charge in [0.1, 0.15) is 6.04 Å². The van der Waals surface area contributed by atoms with E-state index in [1.165, 1.54) is 25.9 Å². The number of fused-ring (bicyclic) bond motifs is 1. The second-order valence-electron chi connectivity index (χ2n) is 6.02. The molecule has 3 atom stereocenters. The molecule has 2 fully saturated rings. The molecular weight excluding hydrogens is 254 g/mol. The standard InChI is InChI=1S/C15H29N3O2/c1-4-20-15(19)14(16-3)7-9-17-11-13-6-5-8-18(13)10-12(17)2/h12-14,16H,4-11H2,1-3H3. The van der Waals surface area contributed by atoms with Crippen LogP contribution in [0, 0.1) is 0 Å². The number of likely N-dealkylation sites (N-methyl/N-ethyl adjacent to an activating group) is 1. The summed E-state index contributed by atoms with van der Waals surface area (Å²) >= 11 is 0. The molecule has 116 valence electrons. The molecular formula is C15H29N3O2. The van der Waals surface area contributed by atoms with E-state index < -0.39 is 0 Å². The number of nitrogens with one attached hydrogen (secondary N) is 1. The van der Waals surface area contributed by atoms with Crippen LogP contribution in [-0.2, 0) is 9.53 Å². The molecule has 20 heavy (non-hydrogen) atoms. The van der Waals surface area contributed by atoms with Crippen molar-refractivity contribution >= 4 is 5.97 Å². The van der Waals surface area contributed by atoms with Crippen molar-refractivity contribution in [3.8, 4) is 0 Å². The predicted molar refractivity (Wildman–Crippen MR) is 79.7 cm³/mol. The van der Waals surface area contributed by atoms with Gasteiger partial charge in [-0.05, 0) is 46.7 Å². The van der Waals surface area contributed by atoms with Crippen LogP contribution in [0.1, 0.15) is 33.1 Å². The first-order valence-electron chi connectivity index (χ1n) is 7.97. The fourth-order valence-corrected chi connectivity index (χ4v) is 3.48. The zero-order chi connectivity index (χ0) is 14.5. The first-order valence-corrected chi connectivity index (χ1v) is 7.97. The van der Waals surface area contributed by atoms with Crippen LogP contribution in [0.15, 0.2) is 0 Å². The Morgan fingerprint density at radius 2 is 2.25 bits per heavy atom. The summed E-state index contributed by atoms with van der Waals surface area (Å²) < 4.78 is 5.10. The van der Waals surface area contributed by atoms with E-state index in [0.29, 0.717) is 12.6 Å². The summed E-state index contributed by atoms with van der Waals surface area (Å²) in [6, 6.07) is 1.15. The van der Waals surface area contributed by atoms with E-state index in [1.54, 1.807) is 0 Å². The minimum absolute atomic E-state index is 0.123. The molecule has 0 aromatic carbocycles. The number of ether oxygens (including phenoxy) is 1. The van der Waals surface area contributed by atoms with Crippen LogP contribution in [0.5, 0.6) is 0 Å². The smallest absolute Gasteiger partial charge is 0.323 e. The van der Waals surface area contributed by atoms with Gasteiger partial charge in [-0.25, -0.2) is 0 Å². The van der Waals surface area contributed by atoms with Crippen molar-refractivity contribution in [1.29, 1.82) is 0 Å². The van der Waals surface area contributed by atoms with Gasteiger partial charge in [-0.2, -0.15) is 0 Å². The van der Waals surface area contributed by atoms with Gasteiger partial charge in [-0.3, -0.25) is 14.6 Å². The first-order chi connectivity index (χ1) is 9.65. The molecule has 0 aromatic heterocycles. The molecule has 2 rings (SSSR count). The lowest BCUT2D eigenvalue weighted by atomic mass is 10.1. The monoisotopic (exact) mass is 283 g/mol. The molecule has 2 aliphatic heterocycles. The Balaban J connectivity index is 1.81. The maximum Gasteiger partial charge on any atom is 0.323 e. The van der Waals surface area contributed by atoms with E-state index in [4.69, 9.17) is 4.74 Å². The second kappa shape index (κ2) is 7.38. The van der Waals surface area contributed by atoms with Crippen LogP contribution < -0.4 is 5.32 Å². The van der Waals surface area contributed by atoms with E-state index >= 15 is 0 Å². The van der Waals surface area contributed by atoms with Gasteiger partial charge in [0.05, 0.1) is 6.61 Å². The number of piperazine rings is 1. The van der Waals surface area contributed by atoms with Crippen molar-refractivity contribution in [2.45, 2.75) is 51.2 Å². The van der Waals surface area contributed by atoms with Gasteiger partial charge < -0.3 is 10.1 Å². The first kappa shape index (κ1) is 15.7. The molecule has 2 saturated heterocycles. The second-order valence-corrected chi connectivity index (χ2v) is 6.02. The molecule has 0 amide bonds. The summed E-state index contributed by atoms with van der Waals surface area (Å²) in [6.07, 6.45) is 3.50. The third kappa shape index (κ3) is 3.71. The predicted octanol–water partition coefficient (Wildman–Crippen LogP) is 0.696. The van der Waals surface area contributed by atoms with Crippen LogP contribution in [0.4, 0.5) is 0 Å². The third-order valence-electron chi connectivity index (χ3n) is 4.69. The Morgan fingerprint density at radius 1 is 1.45 bits per heavy atom. The lowest BCUT2D eigenvalue weighted by Crippen LogP contribution is -2.55. The van der Waals surface area contributed by atoms with Gasteiger partial charge in [-0.15, -0.1) is 0 Å². The zero-order valence-electron chi connectivity index (χ0n) is 13.1. The van der Waals surface area contributed by atoms with Crippen LogP contribution >= 0.6 is 0 Å². The largest absolute Gasteiger partial charge is 0.465 e. The summed E-state index contributed by atoms with van der Waals surface area (Å²) in [5.41, 5.74) is 0. The maximum atomic E-state index is 11.8. The van der Waals surface area contributed by atoms with Crippen molar-refractivity contribution < 1.29 is 9.53 Å². The molecule has 5 heteroatoms. The highest BCUT2D eigenvalue weighted by Crippen LogP contribution is 2.24. The summed E-state index contributed by atoms with van der Waals surface area (Å²) in [5.74, 6) is -0.123. The molecule has 0 spiro atoms. The Labute approximate surface area is 122 Å². The summed E-state index contributed by atoms with van der Waals surface area (Å²) in [6.45, 7) is 9.17. The van der Waals surface area contributed by atoms with Crippen molar-refractivity contribution in [3.05, 3.63) is 0 Å². The highest BCUT2D eigenvalue weighted by molar-refractivity contribution is 5.75. The number of hydrogen-bond donors (Lipinski definition) is 1. The van der Waals surface area contributed by atoms with Gasteiger partial charge in [0.2, 0.25) is 0 Å². The van der Waals surface area contributed by atoms with E-state index in [0.717, 1.165) is 25.6 Å². The van der Waals surface area contributed by atoms with Crippen LogP contribution in [0.3, 0.4) is 0 Å². The SMILES string of the molecule is CCOC(=O)C(CCN1CC2CCCN2CC1C)NC. The Bertz CT molecular complexity index is 324. The maximum absolute atomic E-state index is 11.8. The zero-order valence-corrected chi connectivity index (χ0v) is 13.1. The Kier molecular flexibility index (Phi) is 5.81. The average Bonchev–Trinajstić information content (AvgIpc) is 2.86. The van der Waals surface area contributed by atoms with Gasteiger partial charge in [-0.1, -0.05) is 0 Å². The van der Waals surface area contributed by atoms with E-state index in [2.05, 4.69) is 22.0 Å². The van der Waals surface area contributed by atoms with Crippen LogP contribution in [-0.4, -0.2) is 73.7 Å².